The molecule has 1 aliphatic carbocycles. The summed E-state index contributed by atoms with van der Waals surface area (Å²) in [5, 5.41) is 14.1. The van der Waals surface area contributed by atoms with Crippen molar-refractivity contribution in [1.29, 1.82) is 0 Å². The zero-order valence-corrected chi connectivity index (χ0v) is 14.4. The van der Waals surface area contributed by atoms with Crippen molar-refractivity contribution in [2.24, 2.45) is 0 Å². The van der Waals surface area contributed by atoms with Gasteiger partial charge in [0.15, 0.2) is 0 Å². The monoisotopic (exact) mass is 307 g/mol. The molecule has 0 radical (unpaired) electrons. The van der Waals surface area contributed by atoms with Crippen molar-refractivity contribution < 1.29 is 5.11 Å². The molecule has 1 aromatic carbocycles. The third kappa shape index (κ3) is 4.48. The summed E-state index contributed by atoms with van der Waals surface area (Å²) in [5.41, 5.74) is 2.68. The van der Waals surface area contributed by atoms with Gasteiger partial charge in [-0.25, -0.2) is 0 Å². The molecule has 21 heavy (non-hydrogen) atoms. The Morgan fingerprint density at radius 2 is 2.14 bits per heavy atom. The summed E-state index contributed by atoms with van der Waals surface area (Å²) in [7, 11) is 0. The molecule has 1 fully saturated rings. The Kier molecular flexibility index (Phi) is 6.15. The van der Waals surface area contributed by atoms with Crippen molar-refractivity contribution in [2.45, 2.75) is 68.6 Å². The Morgan fingerprint density at radius 3 is 2.81 bits per heavy atom. The van der Waals surface area contributed by atoms with E-state index in [1.54, 1.807) is 0 Å². The lowest BCUT2D eigenvalue weighted by Gasteiger charge is -2.40. The molecule has 0 bridgehead atoms. The summed E-state index contributed by atoms with van der Waals surface area (Å²) < 4.78 is 0. The van der Waals surface area contributed by atoms with Crippen LogP contribution in [0.4, 0.5) is 0 Å². The first kappa shape index (κ1) is 16.9. The van der Waals surface area contributed by atoms with Crippen molar-refractivity contribution in [1.82, 2.24) is 5.32 Å². The number of hydrogen-bond donors (Lipinski definition) is 2. The molecule has 2 nitrogen and oxygen atoms in total. The minimum atomic E-state index is -0.0499. The molecule has 118 valence electrons. The fraction of sp³-hybridized carbons (Fsp3) is 0.667. The zero-order chi connectivity index (χ0) is 15.3. The lowest BCUT2D eigenvalue weighted by molar-refractivity contribution is 0.124. The maximum atomic E-state index is 9.86. The van der Waals surface area contributed by atoms with Gasteiger partial charge in [0.05, 0.1) is 6.61 Å². The van der Waals surface area contributed by atoms with E-state index in [1.165, 1.54) is 28.9 Å². The van der Waals surface area contributed by atoms with Crippen LogP contribution in [-0.2, 0) is 0 Å². The van der Waals surface area contributed by atoms with E-state index in [4.69, 9.17) is 0 Å². The first-order valence-corrected chi connectivity index (χ1v) is 9.06. The van der Waals surface area contributed by atoms with E-state index in [0.29, 0.717) is 5.25 Å². The molecule has 1 aromatic rings. The summed E-state index contributed by atoms with van der Waals surface area (Å²) in [4.78, 5) is 1.37. The first-order chi connectivity index (χ1) is 10.1. The second kappa shape index (κ2) is 7.66. The maximum absolute atomic E-state index is 9.86. The van der Waals surface area contributed by atoms with E-state index >= 15 is 0 Å². The number of aliphatic hydroxyl groups is 1. The molecule has 2 rings (SSSR count). The molecule has 0 amide bonds. The molecule has 0 saturated heterocycles. The molecule has 2 N–H and O–H groups in total. The van der Waals surface area contributed by atoms with Crippen LogP contribution in [0.25, 0.3) is 0 Å². The summed E-state index contributed by atoms with van der Waals surface area (Å²) in [5.74, 6) is 0. The highest BCUT2D eigenvalue weighted by molar-refractivity contribution is 8.00. The largest absolute Gasteiger partial charge is 0.394 e. The number of thioether (sulfide) groups is 1. The molecule has 0 aliphatic heterocycles. The Bertz CT molecular complexity index is 463. The first-order valence-electron chi connectivity index (χ1n) is 8.18. The minimum Gasteiger partial charge on any atom is -0.394 e. The number of hydrogen-bond acceptors (Lipinski definition) is 3. The summed E-state index contributed by atoms with van der Waals surface area (Å²) in [6.45, 7) is 7.79. The smallest absolute Gasteiger partial charge is 0.0613 e. The van der Waals surface area contributed by atoms with E-state index in [0.717, 1.165) is 25.8 Å². The molecule has 0 spiro atoms. The van der Waals surface area contributed by atoms with Crippen LogP contribution in [0.1, 0.15) is 50.2 Å². The quantitative estimate of drug-likeness (QED) is 0.831. The van der Waals surface area contributed by atoms with Crippen molar-refractivity contribution in [3.05, 3.63) is 29.3 Å². The molecular formula is C18H29NOS. The van der Waals surface area contributed by atoms with Crippen LogP contribution in [0.5, 0.6) is 0 Å². The highest BCUT2D eigenvalue weighted by atomic mass is 32.2. The van der Waals surface area contributed by atoms with Crippen LogP contribution in [0.3, 0.4) is 0 Å². The average molecular weight is 308 g/mol. The Hall–Kier alpha value is -0.510. The zero-order valence-electron chi connectivity index (χ0n) is 13.6. The summed E-state index contributed by atoms with van der Waals surface area (Å²) in [6.07, 6.45) is 5.76. The standard InChI is InChI=1S/C18H29NOS/c1-4-10-19-18(13-20)9-5-6-17(12-18)21-16-8-7-14(2)15(3)11-16/h7-8,11,17,19-20H,4-6,9-10,12-13H2,1-3H3. The Morgan fingerprint density at radius 1 is 1.33 bits per heavy atom. The predicted octanol–water partition coefficient (Wildman–Crippen LogP) is 4.07. The molecule has 2 unspecified atom stereocenters. The van der Waals surface area contributed by atoms with Crippen LogP contribution in [-0.4, -0.2) is 29.0 Å². The molecular weight excluding hydrogens is 278 g/mol. The van der Waals surface area contributed by atoms with Crippen LogP contribution < -0.4 is 5.32 Å². The van der Waals surface area contributed by atoms with Crippen molar-refractivity contribution in [3.63, 3.8) is 0 Å². The maximum Gasteiger partial charge on any atom is 0.0613 e. The molecule has 1 aliphatic rings. The fourth-order valence-corrected chi connectivity index (χ4v) is 4.60. The summed E-state index contributed by atoms with van der Waals surface area (Å²) >= 11 is 1.99. The van der Waals surface area contributed by atoms with E-state index < -0.39 is 0 Å². The van der Waals surface area contributed by atoms with Crippen LogP contribution >= 0.6 is 11.8 Å². The SMILES string of the molecule is CCCNC1(CO)CCCC(Sc2ccc(C)c(C)c2)C1. The fourth-order valence-electron chi connectivity index (χ4n) is 3.14. The topological polar surface area (TPSA) is 32.3 Å². The van der Waals surface area contributed by atoms with Crippen LogP contribution in [0.2, 0.25) is 0 Å². The van der Waals surface area contributed by atoms with Crippen molar-refractivity contribution in [3.8, 4) is 0 Å². The Labute approximate surface area is 133 Å². The van der Waals surface area contributed by atoms with Gasteiger partial charge in [0.1, 0.15) is 0 Å². The third-order valence-electron chi connectivity index (χ3n) is 4.63. The third-order valence-corrected chi connectivity index (χ3v) is 5.90. The normalized spacial score (nSPS) is 26.0. The van der Waals surface area contributed by atoms with Crippen LogP contribution in [0, 0.1) is 13.8 Å². The van der Waals surface area contributed by atoms with Crippen molar-refractivity contribution >= 4 is 11.8 Å². The van der Waals surface area contributed by atoms with Gasteiger partial charge >= 0.3 is 0 Å². The van der Waals surface area contributed by atoms with Gasteiger partial charge in [-0.05, 0) is 69.3 Å². The van der Waals surface area contributed by atoms with Gasteiger partial charge < -0.3 is 10.4 Å². The van der Waals surface area contributed by atoms with E-state index in [9.17, 15) is 5.11 Å². The van der Waals surface area contributed by atoms with Gasteiger partial charge in [-0.2, -0.15) is 0 Å². The van der Waals surface area contributed by atoms with Gasteiger partial charge in [-0.3, -0.25) is 0 Å². The number of aryl methyl sites for hydroxylation is 2. The summed E-state index contributed by atoms with van der Waals surface area (Å²) in [6, 6.07) is 6.76. The van der Waals surface area contributed by atoms with Gasteiger partial charge in [0.25, 0.3) is 0 Å². The molecule has 0 heterocycles. The molecule has 0 aromatic heterocycles. The molecule has 2 atom stereocenters. The lowest BCUT2D eigenvalue weighted by Crippen LogP contribution is -2.52. The second-order valence-electron chi connectivity index (χ2n) is 6.45. The molecule has 1 saturated carbocycles. The number of rotatable bonds is 6. The van der Waals surface area contributed by atoms with Crippen molar-refractivity contribution in [2.75, 3.05) is 13.2 Å². The van der Waals surface area contributed by atoms with E-state index in [1.807, 2.05) is 11.8 Å². The second-order valence-corrected chi connectivity index (χ2v) is 7.82. The van der Waals surface area contributed by atoms with Crippen LogP contribution in [0.15, 0.2) is 23.1 Å². The van der Waals surface area contributed by atoms with E-state index in [2.05, 4.69) is 44.3 Å². The number of aliphatic hydroxyl groups excluding tert-OH is 1. The van der Waals surface area contributed by atoms with E-state index in [-0.39, 0.29) is 12.1 Å². The highest BCUT2D eigenvalue weighted by Gasteiger charge is 2.35. The van der Waals surface area contributed by atoms with Gasteiger partial charge in [-0.1, -0.05) is 19.4 Å². The van der Waals surface area contributed by atoms with Gasteiger partial charge in [-0.15, -0.1) is 11.8 Å². The highest BCUT2D eigenvalue weighted by Crippen LogP contribution is 2.38. The Balaban J connectivity index is 2.01. The number of nitrogens with one attached hydrogen (secondary N) is 1. The van der Waals surface area contributed by atoms with Gasteiger partial charge in [0.2, 0.25) is 0 Å². The minimum absolute atomic E-state index is 0.0499. The number of benzene rings is 1. The lowest BCUT2D eigenvalue weighted by atomic mass is 9.82. The predicted molar refractivity (Wildman–Crippen MR) is 92.1 cm³/mol. The average Bonchev–Trinajstić information content (AvgIpc) is 2.49. The molecule has 3 heteroatoms. The van der Waals surface area contributed by atoms with Gasteiger partial charge in [0, 0.05) is 15.7 Å².